The topological polar surface area (TPSA) is 43.2 Å². The molecule has 0 saturated heterocycles. The summed E-state index contributed by atoms with van der Waals surface area (Å²) in [6.07, 6.45) is 0. The molecule has 0 radical (unpaired) electrons. The average molecular weight is 186 g/mol. The van der Waals surface area contributed by atoms with E-state index in [2.05, 4.69) is 9.98 Å². The second-order valence-electron chi connectivity index (χ2n) is 2.95. The van der Waals surface area contributed by atoms with E-state index in [0.29, 0.717) is 5.90 Å². The number of ether oxygens (including phenoxy) is 2. The number of aliphatic imine (C=N–C) groups is 2. The van der Waals surface area contributed by atoms with E-state index >= 15 is 0 Å². The van der Waals surface area contributed by atoms with E-state index < -0.39 is 18.5 Å². The summed E-state index contributed by atoms with van der Waals surface area (Å²) in [6, 6.07) is -0.515. The maximum atomic E-state index is 7.91. The molecule has 0 N–H and O–H groups in total. The molecular formula is C9H16N2O2. The minimum Gasteiger partial charge on any atom is -0.483 e. The van der Waals surface area contributed by atoms with E-state index in [0.717, 1.165) is 0 Å². The molecule has 0 aromatic rings. The third-order valence-corrected chi connectivity index (χ3v) is 1.76. The Morgan fingerprint density at radius 3 is 2.69 bits per heavy atom. The van der Waals surface area contributed by atoms with Crippen molar-refractivity contribution >= 4 is 11.8 Å². The van der Waals surface area contributed by atoms with Crippen LogP contribution in [0.4, 0.5) is 0 Å². The van der Waals surface area contributed by atoms with Crippen LogP contribution in [-0.4, -0.2) is 38.6 Å². The first-order valence-electron chi connectivity index (χ1n) is 5.13. The highest BCUT2D eigenvalue weighted by Gasteiger charge is 2.24. The normalized spacial score (nSPS) is 31.1. The Morgan fingerprint density at radius 1 is 1.54 bits per heavy atom. The van der Waals surface area contributed by atoms with Gasteiger partial charge in [0.1, 0.15) is 12.6 Å². The number of rotatable bonds is 1. The van der Waals surface area contributed by atoms with Gasteiger partial charge in [0.05, 0.1) is 15.6 Å². The Hall–Kier alpha value is -1.06. The van der Waals surface area contributed by atoms with Gasteiger partial charge in [-0.3, -0.25) is 0 Å². The highest BCUT2D eigenvalue weighted by Crippen LogP contribution is 2.13. The van der Waals surface area contributed by atoms with Crippen LogP contribution in [0.25, 0.3) is 0 Å². The summed E-state index contributed by atoms with van der Waals surface area (Å²) in [7, 11) is 2.92. The lowest BCUT2D eigenvalue weighted by Gasteiger charge is -2.22. The number of methoxy groups -OCH3 is 2. The molecule has 4 heteroatoms. The molecule has 2 atom stereocenters. The van der Waals surface area contributed by atoms with Crippen molar-refractivity contribution in [3.05, 3.63) is 0 Å². The lowest BCUT2D eigenvalue weighted by Crippen LogP contribution is -2.32. The van der Waals surface area contributed by atoms with E-state index in [1.54, 1.807) is 13.8 Å². The van der Waals surface area contributed by atoms with Crippen LogP contribution < -0.4 is 0 Å². The highest BCUT2D eigenvalue weighted by molar-refractivity contribution is 5.91. The van der Waals surface area contributed by atoms with Gasteiger partial charge in [0.2, 0.25) is 11.8 Å². The summed E-state index contributed by atoms with van der Waals surface area (Å²) in [5.41, 5.74) is 0. The quantitative estimate of drug-likeness (QED) is 0.615. The molecule has 1 aliphatic heterocycles. The van der Waals surface area contributed by atoms with Crippen LogP contribution in [0.2, 0.25) is 0 Å². The molecule has 1 heterocycles. The zero-order chi connectivity index (χ0) is 11.6. The van der Waals surface area contributed by atoms with Gasteiger partial charge in [0.15, 0.2) is 0 Å². The molecule has 0 spiro atoms. The van der Waals surface area contributed by atoms with Gasteiger partial charge in [-0.15, -0.1) is 0 Å². The first kappa shape index (κ1) is 7.35. The maximum absolute atomic E-state index is 7.91. The molecule has 1 unspecified atom stereocenters. The fraction of sp³-hybridized carbons (Fsp3) is 0.778. The van der Waals surface area contributed by atoms with Gasteiger partial charge < -0.3 is 9.47 Å². The summed E-state index contributed by atoms with van der Waals surface area (Å²) in [5, 5.41) is 0. The van der Waals surface area contributed by atoms with E-state index in [1.165, 1.54) is 14.2 Å². The molecule has 0 amide bonds. The average Bonchev–Trinajstić information content (AvgIpc) is 2.15. The maximum Gasteiger partial charge on any atom is 0.209 e. The smallest absolute Gasteiger partial charge is 0.209 e. The predicted molar refractivity (Wildman–Crippen MR) is 52.4 cm³/mol. The van der Waals surface area contributed by atoms with Crippen LogP contribution in [0, 0.1) is 5.89 Å². The Balaban J connectivity index is 3.02. The molecule has 4 nitrogen and oxygen atoms in total. The van der Waals surface area contributed by atoms with E-state index in [-0.39, 0.29) is 5.90 Å². The Morgan fingerprint density at radius 2 is 2.23 bits per heavy atom. The monoisotopic (exact) mass is 186 g/mol. The van der Waals surface area contributed by atoms with Crippen molar-refractivity contribution in [2.45, 2.75) is 19.9 Å². The molecule has 1 rings (SSSR count). The number of hydrogen-bond donors (Lipinski definition) is 0. The van der Waals surface area contributed by atoms with Crippen LogP contribution in [0.15, 0.2) is 9.98 Å². The van der Waals surface area contributed by atoms with Crippen LogP contribution in [0.1, 0.15) is 16.6 Å². The zero-order valence-corrected chi connectivity index (χ0v) is 8.37. The molecular weight excluding hydrogens is 168 g/mol. The molecule has 0 bridgehead atoms. The largest absolute Gasteiger partial charge is 0.483 e. The van der Waals surface area contributed by atoms with Gasteiger partial charge in [-0.05, 0) is 5.89 Å². The molecule has 13 heavy (non-hydrogen) atoms. The molecule has 0 aromatic carbocycles. The first-order chi connectivity index (χ1) is 6.90. The van der Waals surface area contributed by atoms with Crippen molar-refractivity contribution in [3.8, 4) is 0 Å². The van der Waals surface area contributed by atoms with Gasteiger partial charge >= 0.3 is 0 Å². The van der Waals surface area contributed by atoms with Crippen molar-refractivity contribution in [3.63, 3.8) is 0 Å². The van der Waals surface area contributed by atoms with Crippen molar-refractivity contribution < 1.29 is 12.2 Å². The molecule has 0 aliphatic carbocycles. The number of hydrogen-bond acceptors (Lipinski definition) is 4. The van der Waals surface area contributed by atoms with Crippen LogP contribution >= 0.6 is 0 Å². The summed E-state index contributed by atoms with van der Waals surface area (Å²) in [6.45, 7) is 2.55. The number of nitrogens with zero attached hydrogens (tertiary/aromatic N) is 2. The van der Waals surface area contributed by atoms with Gasteiger partial charge in [0, 0.05) is 1.37 Å². The Labute approximate surface area is 81.5 Å². The second kappa shape index (κ2) is 4.25. The molecule has 0 saturated carbocycles. The summed E-state index contributed by atoms with van der Waals surface area (Å²) in [5.74, 6) is -0.310. The van der Waals surface area contributed by atoms with Crippen LogP contribution in [0.5, 0.6) is 0 Å². The lowest BCUT2D eigenvalue weighted by atomic mass is 10.0. The summed E-state index contributed by atoms with van der Waals surface area (Å²) < 4.78 is 25.5. The molecule has 0 fully saturated rings. The van der Waals surface area contributed by atoms with Crippen molar-refractivity contribution in [2.75, 3.05) is 20.7 Å². The van der Waals surface area contributed by atoms with Gasteiger partial charge in [-0.2, -0.15) is 0 Å². The third-order valence-electron chi connectivity index (χ3n) is 1.76. The second-order valence-corrected chi connectivity index (χ2v) is 2.95. The minimum atomic E-state index is -0.886. The zero-order valence-electron chi connectivity index (χ0n) is 10.4. The van der Waals surface area contributed by atoms with Crippen molar-refractivity contribution in [2.24, 2.45) is 15.9 Å². The highest BCUT2D eigenvalue weighted by atomic mass is 16.5. The van der Waals surface area contributed by atoms with Crippen molar-refractivity contribution in [1.29, 1.82) is 0 Å². The fourth-order valence-corrected chi connectivity index (χ4v) is 1.05. The summed E-state index contributed by atoms with van der Waals surface area (Å²) in [4.78, 5) is 8.15. The van der Waals surface area contributed by atoms with Crippen LogP contribution in [-0.2, 0) is 9.47 Å². The van der Waals surface area contributed by atoms with Gasteiger partial charge in [-0.1, -0.05) is 13.8 Å². The van der Waals surface area contributed by atoms with Crippen LogP contribution in [0.3, 0.4) is 0 Å². The SMILES string of the molecule is [2H]C1N=C(OC)[C@H](C([2H])(C)C)N=C1OC. The van der Waals surface area contributed by atoms with E-state index in [1.807, 2.05) is 0 Å². The molecule has 74 valence electrons. The molecule has 0 aromatic heterocycles. The Bertz CT molecular complexity index is 297. The Kier molecular flexibility index (Phi) is 2.41. The third kappa shape index (κ3) is 2.20. The minimum absolute atomic E-state index is 0.223. The predicted octanol–water partition coefficient (Wildman–Crippen LogP) is 1.11. The van der Waals surface area contributed by atoms with Gasteiger partial charge in [-0.25, -0.2) is 9.98 Å². The van der Waals surface area contributed by atoms with Crippen molar-refractivity contribution in [1.82, 2.24) is 0 Å². The molecule has 1 aliphatic rings. The lowest BCUT2D eigenvalue weighted by molar-refractivity contribution is 0.344. The standard InChI is InChI=1S/C9H16N2O2/c1-6(2)8-9(13-4)10-5-7(11-8)12-3/h6,8H,5H2,1-4H3/t8-/m0/s1/i5D,6D/t5?,8-. The fourth-order valence-electron chi connectivity index (χ4n) is 1.05. The van der Waals surface area contributed by atoms with Gasteiger partial charge in [0.25, 0.3) is 0 Å². The van der Waals surface area contributed by atoms with E-state index in [9.17, 15) is 0 Å². The summed E-state index contributed by atoms with van der Waals surface area (Å²) >= 11 is 0. The first-order valence-corrected chi connectivity index (χ1v) is 4.05. The van der Waals surface area contributed by atoms with E-state index in [4.69, 9.17) is 12.2 Å².